The fraction of sp³-hybridized carbons (Fsp3) is 0.267. The van der Waals surface area contributed by atoms with Crippen molar-refractivity contribution in [3.63, 3.8) is 0 Å². The van der Waals surface area contributed by atoms with E-state index in [1.54, 1.807) is 12.1 Å². The van der Waals surface area contributed by atoms with Gasteiger partial charge in [0.1, 0.15) is 5.76 Å². The smallest absolute Gasteiger partial charge is 0.335 e. The van der Waals surface area contributed by atoms with Crippen LogP contribution in [0, 0.1) is 13.8 Å². The van der Waals surface area contributed by atoms with Crippen molar-refractivity contribution >= 4 is 11.9 Å². The van der Waals surface area contributed by atoms with Gasteiger partial charge in [-0.05, 0) is 38.5 Å². The number of amides is 1. The Labute approximate surface area is 121 Å². The number of nitrogens with one attached hydrogen (secondary N) is 1. The molecule has 6 nitrogen and oxygen atoms in total. The summed E-state index contributed by atoms with van der Waals surface area (Å²) in [7, 11) is 0. The first-order chi connectivity index (χ1) is 9.99. The van der Waals surface area contributed by atoms with Crippen molar-refractivity contribution in [2.45, 2.75) is 20.3 Å². The fourth-order valence-electron chi connectivity index (χ4n) is 2.06. The van der Waals surface area contributed by atoms with E-state index in [9.17, 15) is 9.59 Å². The second kappa shape index (κ2) is 6.21. The van der Waals surface area contributed by atoms with Gasteiger partial charge in [0, 0.05) is 17.7 Å². The van der Waals surface area contributed by atoms with Gasteiger partial charge < -0.3 is 14.9 Å². The second-order valence-corrected chi connectivity index (χ2v) is 4.69. The zero-order valence-electron chi connectivity index (χ0n) is 11.8. The molecule has 2 N–H and O–H groups in total. The predicted molar refractivity (Wildman–Crippen MR) is 75.4 cm³/mol. The minimum absolute atomic E-state index is 0.0911. The van der Waals surface area contributed by atoms with E-state index in [0.717, 1.165) is 17.0 Å². The average Bonchev–Trinajstić information content (AvgIpc) is 2.79. The first-order valence-electron chi connectivity index (χ1n) is 6.52. The summed E-state index contributed by atoms with van der Waals surface area (Å²) in [6.45, 7) is 4.11. The fourth-order valence-corrected chi connectivity index (χ4v) is 2.06. The molecule has 1 aromatic carbocycles. The lowest BCUT2D eigenvalue weighted by molar-refractivity contribution is 0.0697. The molecule has 0 aliphatic rings. The Morgan fingerprint density at radius 3 is 2.62 bits per heavy atom. The monoisotopic (exact) mass is 288 g/mol. The van der Waals surface area contributed by atoms with Crippen LogP contribution in [0.5, 0.6) is 0 Å². The highest BCUT2D eigenvalue weighted by Gasteiger charge is 2.11. The molecule has 2 aromatic rings. The van der Waals surface area contributed by atoms with Crippen LogP contribution < -0.4 is 5.32 Å². The quantitative estimate of drug-likeness (QED) is 0.877. The van der Waals surface area contributed by atoms with Crippen molar-refractivity contribution in [1.82, 2.24) is 10.5 Å². The van der Waals surface area contributed by atoms with E-state index in [1.807, 2.05) is 13.8 Å². The van der Waals surface area contributed by atoms with Gasteiger partial charge in [0.15, 0.2) is 0 Å². The Balaban J connectivity index is 1.96. The van der Waals surface area contributed by atoms with Gasteiger partial charge >= 0.3 is 5.97 Å². The third-order valence-corrected chi connectivity index (χ3v) is 3.21. The normalized spacial score (nSPS) is 10.4. The van der Waals surface area contributed by atoms with Crippen LogP contribution in [0.3, 0.4) is 0 Å². The first kappa shape index (κ1) is 14.8. The Morgan fingerprint density at radius 1 is 1.29 bits per heavy atom. The van der Waals surface area contributed by atoms with Crippen LogP contribution >= 0.6 is 0 Å². The molecule has 1 aromatic heterocycles. The second-order valence-electron chi connectivity index (χ2n) is 4.69. The lowest BCUT2D eigenvalue weighted by atomic mass is 10.1. The molecule has 0 aliphatic heterocycles. The summed E-state index contributed by atoms with van der Waals surface area (Å²) in [6.07, 6.45) is 0.617. The van der Waals surface area contributed by atoms with Gasteiger partial charge in [0.05, 0.1) is 11.3 Å². The largest absolute Gasteiger partial charge is 0.478 e. The summed E-state index contributed by atoms with van der Waals surface area (Å²) in [4.78, 5) is 22.8. The summed E-state index contributed by atoms with van der Waals surface area (Å²) in [5, 5.41) is 15.5. The van der Waals surface area contributed by atoms with Crippen molar-refractivity contribution in [2.75, 3.05) is 6.54 Å². The summed E-state index contributed by atoms with van der Waals surface area (Å²) in [6, 6.07) is 5.93. The van der Waals surface area contributed by atoms with E-state index in [-0.39, 0.29) is 11.5 Å². The molecule has 0 atom stereocenters. The van der Waals surface area contributed by atoms with Gasteiger partial charge in [-0.25, -0.2) is 4.79 Å². The van der Waals surface area contributed by atoms with Gasteiger partial charge in [-0.2, -0.15) is 0 Å². The Hall–Kier alpha value is -2.63. The summed E-state index contributed by atoms with van der Waals surface area (Å²) >= 11 is 0. The lowest BCUT2D eigenvalue weighted by Gasteiger charge is -2.06. The minimum atomic E-state index is -1.06. The Morgan fingerprint density at radius 2 is 2.00 bits per heavy atom. The SMILES string of the molecule is Cc1noc(C)c1CCNC(=O)c1cccc(C(=O)O)c1. The Bertz CT molecular complexity index is 657. The van der Waals surface area contributed by atoms with E-state index in [4.69, 9.17) is 9.63 Å². The van der Waals surface area contributed by atoms with E-state index in [0.29, 0.717) is 18.5 Å². The minimum Gasteiger partial charge on any atom is -0.478 e. The molecule has 0 radical (unpaired) electrons. The van der Waals surface area contributed by atoms with E-state index >= 15 is 0 Å². The molecule has 110 valence electrons. The molecule has 0 unspecified atom stereocenters. The van der Waals surface area contributed by atoms with Gasteiger partial charge in [-0.1, -0.05) is 11.2 Å². The van der Waals surface area contributed by atoms with Gasteiger partial charge in [0.2, 0.25) is 0 Å². The van der Waals surface area contributed by atoms with Crippen LogP contribution in [-0.2, 0) is 6.42 Å². The molecular formula is C15H16N2O4. The van der Waals surface area contributed by atoms with Crippen molar-refractivity contribution in [3.8, 4) is 0 Å². The number of benzene rings is 1. The molecule has 0 spiro atoms. The molecule has 0 saturated carbocycles. The molecule has 0 fully saturated rings. The van der Waals surface area contributed by atoms with Gasteiger partial charge in [-0.15, -0.1) is 0 Å². The van der Waals surface area contributed by atoms with Crippen LogP contribution in [0.4, 0.5) is 0 Å². The van der Waals surface area contributed by atoms with Crippen LogP contribution in [-0.4, -0.2) is 28.7 Å². The lowest BCUT2D eigenvalue weighted by Crippen LogP contribution is -2.26. The number of hydrogen-bond acceptors (Lipinski definition) is 4. The number of aromatic nitrogens is 1. The maximum atomic E-state index is 12.0. The number of carboxylic acids is 1. The van der Waals surface area contributed by atoms with E-state index < -0.39 is 5.97 Å². The van der Waals surface area contributed by atoms with E-state index in [1.165, 1.54) is 12.1 Å². The van der Waals surface area contributed by atoms with Crippen molar-refractivity contribution in [1.29, 1.82) is 0 Å². The number of hydrogen-bond donors (Lipinski definition) is 2. The summed E-state index contributed by atoms with van der Waals surface area (Å²) < 4.78 is 5.05. The molecule has 6 heteroatoms. The van der Waals surface area contributed by atoms with Gasteiger partial charge in [-0.3, -0.25) is 4.79 Å². The summed E-state index contributed by atoms with van der Waals surface area (Å²) in [5.41, 5.74) is 2.21. The molecule has 1 heterocycles. The highest BCUT2D eigenvalue weighted by atomic mass is 16.5. The molecule has 21 heavy (non-hydrogen) atoms. The standard InChI is InChI=1S/C15H16N2O4/c1-9-13(10(2)21-17-9)6-7-16-14(18)11-4-3-5-12(8-11)15(19)20/h3-5,8H,6-7H2,1-2H3,(H,16,18)(H,19,20). The molecule has 0 aliphatic carbocycles. The van der Waals surface area contributed by atoms with E-state index in [2.05, 4.69) is 10.5 Å². The van der Waals surface area contributed by atoms with Crippen molar-refractivity contribution < 1.29 is 19.2 Å². The topological polar surface area (TPSA) is 92.4 Å². The Kier molecular flexibility index (Phi) is 4.37. The maximum Gasteiger partial charge on any atom is 0.335 e. The van der Waals surface area contributed by atoms with Crippen molar-refractivity contribution in [2.24, 2.45) is 0 Å². The van der Waals surface area contributed by atoms with Crippen LogP contribution in [0.1, 0.15) is 37.7 Å². The predicted octanol–water partition coefficient (Wildman–Crippen LogP) is 1.96. The molecular weight excluding hydrogens is 272 g/mol. The van der Waals surface area contributed by atoms with Crippen molar-refractivity contribution in [3.05, 3.63) is 52.4 Å². The molecule has 2 rings (SSSR count). The number of aryl methyl sites for hydroxylation is 2. The number of carboxylic acid groups (broad SMARTS) is 1. The summed E-state index contributed by atoms with van der Waals surface area (Å²) in [5.74, 6) is -0.611. The van der Waals surface area contributed by atoms with Crippen LogP contribution in [0.15, 0.2) is 28.8 Å². The maximum absolute atomic E-state index is 12.0. The molecule has 0 bridgehead atoms. The third kappa shape index (κ3) is 3.47. The molecule has 1 amide bonds. The average molecular weight is 288 g/mol. The number of rotatable bonds is 5. The molecule has 0 saturated heterocycles. The van der Waals surface area contributed by atoms with Gasteiger partial charge in [0.25, 0.3) is 5.91 Å². The number of aromatic carboxylic acids is 1. The zero-order valence-corrected chi connectivity index (χ0v) is 11.8. The highest BCUT2D eigenvalue weighted by molar-refractivity contribution is 5.97. The third-order valence-electron chi connectivity index (χ3n) is 3.21. The van der Waals surface area contributed by atoms with Crippen LogP contribution in [0.2, 0.25) is 0 Å². The van der Waals surface area contributed by atoms with Crippen LogP contribution in [0.25, 0.3) is 0 Å². The first-order valence-corrected chi connectivity index (χ1v) is 6.52. The highest BCUT2D eigenvalue weighted by Crippen LogP contribution is 2.12. The number of nitrogens with zero attached hydrogens (tertiary/aromatic N) is 1. The zero-order chi connectivity index (χ0) is 15.4. The number of carbonyl (C=O) groups excluding carboxylic acids is 1. The number of carbonyl (C=O) groups is 2.